The Hall–Kier alpha value is -1.66. The van der Waals surface area contributed by atoms with Crippen molar-refractivity contribution in [1.82, 2.24) is 0 Å². The van der Waals surface area contributed by atoms with Gasteiger partial charge in [-0.05, 0) is 31.0 Å². The SMILES string of the molecule is CC(C)(C)[SiH2]OC(C)(C)[C@H]1[C@H]2CC(=O)O[C@H]2C[C@H]1OC(=O)c1ccccc1. The monoisotopic (exact) mass is 390 g/mol. The van der Waals surface area contributed by atoms with Crippen molar-refractivity contribution in [2.45, 2.75) is 70.3 Å². The predicted octanol–water partition coefficient (Wildman–Crippen LogP) is 3.26. The molecule has 1 aromatic rings. The van der Waals surface area contributed by atoms with E-state index in [1.165, 1.54) is 0 Å². The van der Waals surface area contributed by atoms with Gasteiger partial charge >= 0.3 is 11.9 Å². The highest BCUT2D eigenvalue weighted by atomic mass is 28.2. The number of benzene rings is 1. The molecule has 1 heterocycles. The third kappa shape index (κ3) is 4.61. The van der Waals surface area contributed by atoms with Crippen LogP contribution < -0.4 is 0 Å². The summed E-state index contributed by atoms with van der Waals surface area (Å²) in [7, 11) is -0.795. The van der Waals surface area contributed by atoms with Gasteiger partial charge in [0.25, 0.3) is 0 Å². The molecule has 0 spiro atoms. The minimum atomic E-state index is -0.795. The van der Waals surface area contributed by atoms with E-state index in [0.29, 0.717) is 18.4 Å². The molecule has 2 fully saturated rings. The van der Waals surface area contributed by atoms with E-state index in [1.54, 1.807) is 12.1 Å². The molecule has 0 N–H and O–H groups in total. The lowest BCUT2D eigenvalue weighted by Crippen LogP contribution is -2.45. The number of ether oxygens (including phenoxy) is 2. The zero-order valence-electron chi connectivity index (χ0n) is 16.9. The molecule has 1 aliphatic heterocycles. The van der Waals surface area contributed by atoms with Crippen molar-refractivity contribution >= 4 is 21.7 Å². The Labute approximate surface area is 163 Å². The fraction of sp³-hybridized carbons (Fsp3) is 0.619. The molecule has 1 aliphatic carbocycles. The van der Waals surface area contributed by atoms with Gasteiger partial charge in [0.1, 0.15) is 12.2 Å². The zero-order chi connectivity index (χ0) is 19.8. The van der Waals surface area contributed by atoms with Gasteiger partial charge in [-0.25, -0.2) is 4.79 Å². The first-order chi connectivity index (χ1) is 12.6. The van der Waals surface area contributed by atoms with Crippen molar-refractivity contribution < 1.29 is 23.5 Å². The molecule has 27 heavy (non-hydrogen) atoms. The summed E-state index contributed by atoms with van der Waals surface area (Å²) in [6.07, 6.45) is 0.419. The van der Waals surface area contributed by atoms with Crippen molar-refractivity contribution in [1.29, 1.82) is 0 Å². The van der Waals surface area contributed by atoms with Crippen molar-refractivity contribution in [3.8, 4) is 0 Å². The first-order valence-electron chi connectivity index (χ1n) is 9.66. The normalized spacial score (nSPS) is 28.4. The molecule has 6 heteroatoms. The Bertz CT molecular complexity index is 694. The summed E-state index contributed by atoms with van der Waals surface area (Å²) in [6.45, 7) is 10.7. The minimum absolute atomic E-state index is 0.0371. The minimum Gasteiger partial charge on any atom is -0.462 e. The molecule has 5 nitrogen and oxygen atoms in total. The molecule has 0 aromatic heterocycles. The molecule has 2 aliphatic rings. The highest BCUT2D eigenvalue weighted by Gasteiger charge is 2.57. The Kier molecular flexibility index (Phi) is 5.50. The summed E-state index contributed by atoms with van der Waals surface area (Å²) >= 11 is 0. The lowest BCUT2D eigenvalue weighted by Gasteiger charge is -2.39. The second-order valence-corrected chi connectivity index (χ2v) is 12.1. The lowest BCUT2D eigenvalue weighted by molar-refractivity contribution is -0.142. The molecule has 0 radical (unpaired) electrons. The van der Waals surface area contributed by atoms with Gasteiger partial charge in [-0.3, -0.25) is 4.79 Å². The molecule has 1 aromatic carbocycles. The van der Waals surface area contributed by atoms with Crippen LogP contribution in [-0.4, -0.2) is 39.5 Å². The van der Waals surface area contributed by atoms with E-state index in [0.717, 1.165) is 0 Å². The van der Waals surface area contributed by atoms with Crippen LogP contribution >= 0.6 is 0 Å². The van der Waals surface area contributed by atoms with Gasteiger partial charge in [0.2, 0.25) is 0 Å². The third-order valence-corrected chi connectivity index (χ3v) is 7.19. The van der Waals surface area contributed by atoms with Gasteiger partial charge in [0.15, 0.2) is 9.76 Å². The second kappa shape index (κ2) is 7.39. The van der Waals surface area contributed by atoms with Crippen LogP contribution in [0.1, 0.15) is 57.8 Å². The fourth-order valence-corrected chi connectivity index (χ4v) is 5.22. The van der Waals surface area contributed by atoms with E-state index in [9.17, 15) is 9.59 Å². The van der Waals surface area contributed by atoms with Crippen molar-refractivity contribution in [3.63, 3.8) is 0 Å². The van der Waals surface area contributed by atoms with Crippen molar-refractivity contribution in [2.24, 2.45) is 11.8 Å². The van der Waals surface area contributed by atoms with Crippen LogP contribution in [0.3, 0.4) is 0 Å². The van der Waals surface area contributed by atoms with E-state index in [-0.39, 0.29) is 41.0 Å². The molecule has 0 amide bonds. The third-order valence-electron chi connectivity index (χ3n) is 5.44. The van der Waals surface area contributed by atoms with Crippen LogP contribution in [0.5, 0.6) is 0 Å². The fourth-order valence-electron chi connectivity index (χ4n) is 4.22. The van der Waals surface area contributed by atoms with Gasteiger partial charge in [-0.2, -0.15) is 0 Å². The maximum atomic E-state index is 12.6. The number of esters is 2. The summed E-state index contributed by atoms with van der Waals surface area (Å²) in [5.41, 5.74) is 0.0576. The molecule has 3 rings (SSSR count). The summed E-state index contributed by atoms with van der Waals surface area (Å²) in [4.78, 5) is 24.4. The van der Waals surface area contributed by atoms with Crippen LogP contribution in [0.4, 0.5) is 0 Å². The highest BCUT2D eigenvalue weighted by Crippen LogP contribution is 2.49. The Morgan fingerprint density at radius 1 is 1.15 bits per heavy atom. The van der Waals surface area contributed by atoms with Crippen LogP contribution in [0.2, 0.25) is 5.04 Å². The number of hydrogen-bond donors (Lipinski definition) is 0. The first-order valence-corrected chi connectivity index (χ1v) is 10.9. The largest absolute Gasteiger partial charge is 0.462 e. The van der Waals surface area contributed by atoms with Crippen LogP contribution in [0.25, 0.3) is 0 Å². The molecular weight excluding hydrogens is 360 g/mol. The number of hydrogen-bond acceptors (Lipinski definition) is 5. The number of rotatable bonds is 5. The van der Waals surface area contributed by atoms with Crippen molar-refractivity contribution in [2.75, 3.05) is 0 Å². The standard InChI is InChI=1S/C21H30O5Si/c1-20(2,3)27-26-21(4,5)18-14-11-17(22)24-15(14)12-16(18)25-19(23)13-9-7-6-8-10-13/h6-10,14-16,18H,11-12,27H2,1-5H3/t14-,15-,16+,18-/m0/s1. The molecular formula is C21H30O5Si. The Morgan fingerprint density at radius 2 is 1.81 bits per heavy atom. The van der Waals surface area contributed by atoms with E-state index in [2.05, 4.69) is 34.6 Å². The summed E-state index contributed by atoms with van der Waals surface area (Å²) in [5.74, 6) is -0.515. The van der Waals surface area contributed by atoms with Crippen LogP contribution in [0, 0.1) is 11.8 Å². The molecule has 0 bridgehead atoms. The first kappa shape index (κ1) is 20.1. The summed E-state index contributed by atoms with van der Waals surface area (Å²) < 4.78 is 17.8. The number of fused-ring (bicyclic) bond motifs is 1. The van der Waals surface area contributed by atoms with Crippen molar-refractivity contribution in [3.05, 3.63) is 35.9 Å². The van der Waals surface area contributed by atoms with Gasteiger partial charge in [0.05, 0.1) is 17.6 Å². The average molecular weight is 391 g/mol. The van der Waals surface area contributed by atoms with E-state index >= 15 is 0 Å². The molecule has 1 saturated carbocycles. The molecule has 148 valence electrons. The molecule has 1 saturated heterocycles. The van der Waals surface area contributed by atoms with Crippen LogP contribution in [0.15, 0.2) is 30.3 Å². The maximum absolute atomic E-state index is 12.6. The van der Waals surface area contributed by atoms with E-state index < -0.39 is 15.4 Å². The summed E-state index contributed by atoms with van der Waals surface area (Å²) in [6, 6.07) is 9.01. The van der Waals surface area contributed by atoms with Gasteiger partial charge in [-0.1, -0.05) is 39.0 Å². The molecule has 0 unspecified atom stereocenters. The smallest absolute Gasteiger partial charge is 0.338 e. The lowest BCUT2D eigenvalue weighted by atomic mass is 9.80. The topological polar surface area (TPSA) is 61.8 Å². The second-order valence-electron chi connectivity index (χ2n) is 9.42. The summed E-state index contributed by atoms with van der Waals surface area (Å²) in [5, 5.41) is 0.160. The average Bonchev–Trinajstić information content (AvgIpc) is 3.08. The molecule has 4 atom stereocenters. The Balaban J connectivity index is 1.79. The number of carbonyl (C=O) groups is 2. The van der Waals surface area contributed by atoms with Gasteiger partial charge in [0, 0.05) is 18.3 Å². The quantitative estimate of drug-likeness (QED) is 0.570. The highest BCUT2D eigenvalue weighted by molar-refractivity contribution is 6.31. The van der Waals surface area contributed by atoms with E-state index in [4.69, 9.17) is 13.9 Å². The Morgan fingerprint density at radius 3 is 2.44 bits per heavy atom. The predicted molar refractivity (Wildman–Crippen MR) is 105 cm³/mol. The van der Waals surface area contributed by atoms with Gasteiger partial charge in [-0.15, -0.1) is 0 Å². The van der Waals surface area contributed by atoms with Gasteiger partial charge < -0.3 is 13.9 Å². The zero-order valence-corrected chi connectivity index (χ0v) is 18.3. The maximum Gasteiger partial charge on any atom is 0.338 e. The van der Waals surface area contributed by atoms with E-state index in [1.807, 2.05) is 18.2 Å². The van der Waals surface area contributed by atoms with Crippen LogP contribution in [-0.2, 0) is 18.7 Å². The number of carbonyl (C=O) groups excluding carboxylic acids is 2.